The van der Waals surface area contributed by atoms with E-state index in [4.69, 9.17) is 6.42 Å². The van der Waals surface area contributed by atoms with Gasteiger partial charge in [-0.05, 0) is 42.0 Å². The highest BCUT2D eigenvalue weighted by atomic mass is 16.2. The molecule has 1 aromatic rings. The summed E-state index contributed by atoms with van der Waals surface area (Å²) < 4.78 is 0. The highest BCUT2D eigenvalue weighted by Gasteiger charge is 2.38. The summed E-state index contributed by atoms with van der Waals surface area (Å²) in [6.45, 7) is 6.33. The zero-order valence-corrected chi connectivity index (χ0v) is 15.0. The van der Waals surface area contributed by atoms with Crippen molar-refractivity contribution in [2.24, 2.45) is 4.99 Å². The van der Waals surface area contributed by atoms with Crippen molar-refractivity contribution >= 4 is 12.1 Å². The van der Waals surface area contributed by atoms with E-state index >= 15 is 0 Å². The number of unbranched alkanes of at least 4 members (excludes halogenated alkanes) is 1. The summed E-state index contributed by atoms with van der Waals surface area (Å²) in [5.41, 5.74) is 2.81. The van der Waals surface area contributed by atoms with Crippen LogP contribution in [0, 0.1) is 12.3 Å². The summed E-state index contributed by atoms with van der Waals surface area (Å²) in [5, 5.41) is 0. The Morgan fingerprint density at radius 3 is 3.08 bits per heavy atom. The Labute approximate surface area is 150 Å². The van der Waals surface area contributed by atoms with E-state index in [-0.39, 0.29) is 18.0 Å². The van der Waals surface area contributed by atoms with Crippen LogP contribution in [0.2, 0.25) is 0 Å². The van der Waals surface area contributed by atoms with Gasteiger partial charge in [-0.2, -0.15) is 0 Å². The lowest BCUT2D eigenvalue weighted by molar-refractivity contribution is -0.130. The first-order valence-corrected chi connectivity index (χ1v) is 8.64. The Morgan fingerprint density at radius 2 is 2.40 bits per heavy atom. The molecule has 1 aliphatic heterocycles. The van der Waals surface area contributed by atoms with Crippen LogP contribution in [0.25, 0.3) is 0 Å². The second-order valence-corrected chi connectivity index (χ2v) is 6.15. The number of allylic oxidation sites excluding steroid dienone is 1. The second kappa shape index (κ2) is 8.98. The molecule has 0 bridgehead atoms. The van der Waals surface area contributed by atoms with E-state index in [2.05, 4.69) is 35.5 Å². The average molecular weight is 335 g/mol. The number of amides is 1. The van der Waals surface area contributed by atoms with Gasteiger partial charge in [-0.15, -0.1) is 6.42 Å². The van der Waals surface area contributed by atoms with Gasteiger partial charge in [0.2, 0.25) is 0 Å². The first-order chi connectivity index (χ1) is 12.1. The van der Waals surface area contributed by atoms with E-state index in [0.29, 0.717) is 0 Å². The minimum atomic E-state index is -0.336. The number of hydrogen-bond acceptors (Lipinski definition) is 3. The molecule has 0 unspecified atom stereocenters. The molecule has 0 saturated heterocycles. The molecule has 130 valence electrons. The van der Waals surface area contributed by atoms with Gasteiger partial charge in [0, 0.05) is 25.5 Å². The monoisotopic (exact) mass is 335 g/mol. The smallest absolute Gasteiger partial charge is 0.299 e. The Bertz CT molecular complexity index is 727. The van der Waals surface area contributed by atoms with Crippen molar-refractivity contribution in [3.63, 3.8) is 0 Å². The number of terminal acetylenes is 1. The van der Waals surface area contributed by atoms with Crippen molar-refractivity contribution in [2.45, 2.75) is 44.7 Å². The average Bonchev–Trinajstić information content (AvgIpc) is 2.64. The third-order valence-electron chi connectivity index (χ3n) is 4.46. The number of aliphatic imine (C=N–C) groups is 1. The maximum absolute atomic E-state index is 12.6. The minimum absolute atomic E-state index is 0.0650. The number of carbonyl (C=O) groups excluding carboxylic acids is 1. The summed E-state index contributed by atoms with van der Waals surface area (Å²) in [6, 6.07) is 3.75. The molecule has 0 saturated carbocycles. The highest BCUT2D eigenvalue weighted by Crippen LogP contribution is 2.38. The van der Waals surface area contributed by atoms with Crippen LogP contribution in [0.15, 0.2) is 47.6 Å². The molecule has 0 N–H and O–H groups in total. The standard InChI is InChI=1S/C21H25N3O/c1-5-7-12-18-15-17-11-9-14-23-20(17)21(24(18)19(25)6-2)16(3)10-8-13-22-4/h2,8-11,13-14,18,21H,3,5,7,12,15H2,1,4H3/b10-8-,22-13?/t18-,21-/m0/s1. The molecule has 1 aliphatic rings. The van der Waals surface area contributed by atoms with Crippen molar-refractivity contribution in [3.05, 3.63) is 53.9 Å². The van der Waals surface area contributed by atoms with Gasteiger partial charge in [0.15, 0.2) is 0 Å². The lowest BCUT2D eigenvalue weighted by Crippen LogP contribution is -2.47. The third-order valence-corrected chi connectivity index (χ3v) is 4.46. The van der Waals surface area contributed by atoms with Crippen molar-refractivity contribution in [3.8, 4) is 12.3 Å². The van der Waals surface area contributed by atoms with Crippen molar-refractivity contribution in [1.29, 1.82) is 0 Å². The lowest BCUT2D eigenvalue weighted by Gasteiger charge is -2.42. The largest absolute Gasteiger partial charge is 0.316 e. The van der Waals surface area contributed by atoms with Gasteiger partial charge in [-0.1, -0.05) is 38.5 Å². The number of hydrogen-bond donors (Lipinski definition) is 0. The van der Waals surface area contributed by atoms with Crippen LogP contribution in [0.5, 0.6) is 0 Å². The molecule has 0 fully saturated rings. The molecule has 0 spiro atoms. The molecule has 25 heavy (non-hydrogen) atoms. The molecule has 4 nitrogen and oxygen atoms in total. The maximum atomic E-state index is 12.6. The zero-order valence-electron chi connectivity index (χ0n) is 15.0. The van der Waals surface area contributed by atoms with Gasteiger partial charge in [0.1, 0.15) is 6.04 Å². The van der Waals surface area contributed by atoms with Crippen LogP contribution < -0.4 is 0 Å². The van der Waals surface area contributed by atoms with Gasteiger partial charge in [-0.3, -0.25) is 14.8 Å². The number of carbonyl (C=O) groups is 1. The molecule has 4 heteroatoms. The quantitative estimate of drug-likeness (QED) is 0.454. The fourth-order valence-corrected chi connectivity index (χ4v) is 3.30. The number of rotatable bonds is 6. The van der Waals surface area contributed by atoms with Crippen LogP contribution >= 0.6 is 0 Å². The van der Waals surface area contributed by atoms with E-state index in [9.17, 15) is 4.79 Å². The fraction of sp³-hybridized carbons (Fsp3) is 0.381. The Hall–Kier alpha value is -2.67. The lowest BCUT2D eigenvalue weighted by atomic mass is 9.86. The molecule has 2 rings (SSSR count). The Kier molecular flexibility index (Phi) is 6.71. The van der Waals surface area contributed by atoms with Gasteiger partial charge in [-0.25, -0.2) is 0 Å². The Balaban J connectivity index is 2.49. The third kappa shape index (κ3) is 4.24. The van der Waals surface area contributed by atoms with Gasteiger partial charge in [0.25, 0.3) is 5.91 Å². The van der Waals surface area contributed by atoms with Crippen LogP contribution in [-0.2, 0) is 11.2 Å². The predicted molar refractivity (Wildman–Crippen MR) is 102 cm³/mol. The SMILES string of the molecule is C#CC(=O)N1[C@@H](CCCC)Cc2cccnc2[C@@H]1C(=C)/C=C\C=NC. The van der Waals surface area contributed by atoms with E-state index < -0.39 is 0 Å². The molecule has 0 aliphatic carbocycles. The first-order valence-electron chi connectivity index (χ1n) is 8.64. The molecule has 1 aromatic heterocycles. The second-order valence-electron chi connectivity index (χ2n) is 6.15. The highest BCUT2D eigenvalue weighted by molar-refractivity contribution is 5.94. The van der Waals surface area contributed by atoms with Crippen molar-refractivity contribution in [2.75, 3.05) is 7.05 Å². The molecular formula is C21H25N3O. The number of pyridine rings is 1. The number of nitrogens with zero attached hydrogens (tertiary/aromatic N) is 3. The van der Waals surface area contributed by atoms with Gasteiger partial charge >= 0.3 is 0 Å². The minimum Gasteiger partial charge on any atom is -0.316 e. The normalized spacial score (nSPS) is 19.8. The summed E-state index contributed by atoms with van der Waals surface area (Å²) in [5.74, 6) is 1.99. The molecule has 2 heterocycles. The zero-order chi connectivity index (χ0) is 18.2. The van der Waals surface area contributed by atoms with Crippen LogP contribution in [0.3, 0.4) is 0 Å². The van der Waals surface area contributed by atoms with E-state index in [1.807, 2.05) is 18.2 Å². The summed E-state index contributed by atoms with van der Waals surface area (Å²) >= 11 is 0. The Morgan fingerprint density at radius 1 is 1.60 bits per heavy atom. The molecule has 2 atom stereocenters. The van der Waals surface area contributed by atoms with E-state index in [1.165, 1.54) is 0 Å². The summed E-state index contributed by atoms with van der Waals surface area (Å²) in [7, 11) is 1.71. The summed E-state index contributed by atoms with van der Waals surface area (Å²) in [4.78, 5) is 22.8. The first kappa shape index (κ1) is 18.7. The fourth-order valence-electron chi connectivity index (χ4n) is 3.30. The van der Waals surface area contributed by atoms with E-state index in [0.717, 1.165) is 42.5 Å². The van der Waals surface area contributed by atoms with Crippen LogP contribution in [-0.4, -0.2) is 35.1 Å². The van der Waals surface area contributed by atoms with E-state index in [1.54, 1.807) is 24.4 Å². The van der Waals surface area contributed by atoms with Crippen molar-refractivity contribution < 1.29 is 4.79 Å². The number of fused-ring (bicyclic) bond motifs is 1. The van der Waals surface area contributed by atoms with Crippen LogP contribution in [0.1, 0.15) is 43.5 Å². The maximum Gasteiger partial charge on any atom is 0.299 e. The van der Waals surface area contributed by atoms with Gasteiger partial charge in [0.05, 0.1) is 5.69 Å². The number of aromatic nitrogens is 1. The topological polar surface area (TPSA) is 45.6 Å². The molecular weight excluding hydrogens is 310 g/mol. The molecule has 1 amide bonds. The molecule has 0 radical (unpaired) electrons. The predicted octanol–water partition coefficient (Wildman–Crippen LogP) is 3.51. The summed E-state index contributed by atoms with van der Waals surface area (Å²) in [6.07, 6.45) is 16.4. The van der Waals surface area contributed by atoms with Gasteiger partial charge < -0.3 is 4.90 Å². The van der Waals surface area contributed by atoms with Crippen LogP contribution in [0.4, 0.5) is 0 Å². The molecule has 0 aromatic carbocycles. The van der Waals surface area contributed by atoms with Crippen molar-refractivity contribution in [1.82, 2.24) is 9.88 Å².